The molecule has 0 N–H and O–H groups in total. The van der Waals surface area contributed by atoms with E-state index in [1.54, 1.807) is 0 Å². The van der Waals surface area contributed by atoms with Gasteiger partial charge in [-0.2, -0.15) is 0 Å². The molecule has 0 fully saturated rings. The molecule has 0 atom stereocenters. The van der Waals surface area contributed by atoms with Crippen molar-refractivity contribution in [2.75, 3.05) is 4.90 Å². The van der Waals surface area contributed by atoms with Gasteiger partial charge >= 0.3 is 0 Å². The predicted octanol–water partition coefficient (Wildman–Crippen LogP) is 12.0. The minimum Gasteiger partial charge on any atom is -0.456 e. The molecule has 0 aliphatic carbocycles. The molecule has 10 aromatic rings. The molecule has 0 spiro atoms. The predicted molar refractivity (Wildman–Crippen MR) is 180 cm³/mol. The number of anilines is 3. The van der Waals surface area contributed by atoms with Gasteiger partial charge in [-0.05, 0) is 77.5 Å². The molecule has 0 radical (unpaired) electrons. The standard InChI is InChI=1S/C40H23NO3/c1-4-10-35-29(7-1)32-17-15-27(22-39(32)43-35)41(28-16-18-33-30-8-2-5-11-36(30)44-40(33)23-28)26-14-13-24-20-34-31-9-3-6-12-37(31)42-38(34)21-25(24)19-26/h1-23H. The molecule has 3 aromatic heterocycles. The van der Waals surface area contributed by atoms with Crippen molar-refractivity contribution in [1.82, 2.24) is 0 Å². The first-order chi connectivity index (χ1) is 21.8. The first-order valence-corrected chi connectivity index (χ1v) is 14.7. The average Bonchev–Trinajstić information content (AvgIpc) is 3.74. The van der Waals surface area contributed by atoms with E-state index in [1.807, 2.05) is 48.5 Å². The first kappa shape index (κ1) is 23.6. The van der Waals surface area contributed by atoms with Crippen molar-refractivity contribution in [3.05, 3.63) is 140 Å². The Kier molecular flexibility index (Phi) is 4.69. The molecule has 10 rings (SSSR count). The van der Waals surface area contributed by atoms with Gasteiger partial charge in [0.2, 0.25) is 0 Å². The number of nitrogens with zero attached hydrogens (tertiary/aromatic N) is 1. The maximum absolute atomic E-state index is 6.31. The highest BCUT2D eigenvalue weighted by molar-refractivity contribution is 6.11. The quantitative estimate of drug-likeness (QED) is 0.214. The van der Waals surface area contributed by atoms with E-state index in [1.165, 1.54) is 0 Å². The van der Waals surface area contributed by atoms with Crippen LogP contribution in [0, 0.1) is 0 Å². The number of rotatable bonds is 3. The van der Waals surface area contributed by atoms with Crippen LogP contribution in [0.25, 0.3) is 76.6 Å². The van der Waals surface area contributed by atoms with Gasteiger partial charge in [-0.3, -0.25) is 0 Å². The third-order valence-electron chi connectivity index (χ3n) is 8.82. The highest BCUT2D eigenvalue weighted by Crippen LogP contribution is 2.42. The second-order valence-corrected chi connectivity index (χ2v) is 11.4. The molecule has 7 aromatic carbocycles. The van der Waals surface area contributed by atoms with Gasteiger partial charge in [0.1, 0.15) is 33.5 Å². The number of furan rings is 3. The lowest BCUT2D eigenvalue weighted by atomic mass is 10.0. The largest absolute Gasteiger partial charge is 0.456 e. The summed E-state index contributed by atoms with van der Waals surface area (Å²) in [7, 11) is 0. The van der Waals surface area contributed by atoms with Crippen LogP contribution < -0.4 is 4.90 Å². The van der Waals surface area contributed by atoms with Crippen molar-refractivity contribution in [1.29, 1.82) is 0 Å². The summed E-state index contributed by atoms with van der Waals surface area (Å²) in [6, 6.07) is 48.5. The van der Waals surface area contributed by atoms with Gasteiger partial charge in [0.25, 0.3) is 0 Å². The lowest BCUT2D eigenvalue weighted by molar-refractivity contribution is 0.668. The minimum absolute atomic E-state index is 0.850. The van der Waals surface area contributed by atoms with Gasteiger partial charge < -0.3 is 18.2 Å². The summed E-state index contributed by atoms with van der Waals surface area (Å²) in [5.74, 6) is 0. The zero-order valence-electron chi connectivity index (χ0n) is 23.5. The van der Waals surface area contributed by atoms with Crippen molar-refractivity contribution >= 4 is 93.7 Å². The monoisotopic (exact) mass is 565 g/mol. The van der Waals surface area contributed by atoms with E-state index in [0.29, 0.717) is 0 Å². The lowest BCUT2D eigenvalue weighted by Gasteiger charge is -2.25. The second-order valence-electron chi connectivity index (χ2n) is 11.4. The van der Waals surface area contributed by atoms with Crippen molar-refractivity contribution in [3.8, 4) is 0 Å². The number of fused-ring (bicyclic) bond motifs is 10. The fourth-order valence-corrected chi connectivity index (χ4v) is 6.75. The third kappa shape index (κ3) is 3.39. The van der Waals surface area contributed by atoms with Gasteiger partial charge in [0, 0.05) is 61.5 Å². The molecule has 0 bridgehead atoms. The van der Waals surface area contributed by atoms with E-state index in [9.17, 15) is 0 Å². The minimum atomic E-state index is 0.850. The molecule has 0 aliphatic rings. The summed E-state index contributed by atoms with van der Waals surface area (Å²) in [6.45, 7) is 0. The molecule has 3 heterocycles. The molecule has 0 unspecified atom stereocenters. The fraction of sp³-hybridized carbons (Fsp3) is 0. The zero-order chi connectivity index (χ0) is 28.8. The van der Waals surface area contributed by atoms with Crippen LogP contribution in [0.5, 0.6) is 0 Å². The number of para-hydroxylation sites is 3. The van der Waals surface area contributed by atoms with E-state index < -0.39 is 0 Å². The molecule has 4 heteroatoms. The fourth-order valence-electron chi connectivity index (χ4n) is 6.75. The van der Waals surface area contributed by atoms with Crippen LogP contribution in [0.15, 0.2) is 153 Å². The molecular formula is C40H23NO3. The van der Waals surface area contributed by atoms with Gasteiger partial charge in [0.05, 0.1) is 0 Å². The van der Waals surface area contributed by atoms with Crippen LogP contribution in [0.4, 0.5) is 17.1 Å². The topological polar surface area (TPSA) is 42.7 Å². The zero-order valence-corrected chi connectivity index (χ0v) is 23.5. The summed E-state index contributed by atoms with van der Waals surface area (Å²) in [4.78, 5) is 2.27. The molecule has 0 amide bonds. The molecule has 0 aliphatic heterocycles. The van der Waals surface area contributed by atoms with E-state index in [-0.39, 0.29) is 0 Å². The Morgan fingerprint density at radius 3 is 1.30 bits per heavy atom. The molecule has 0 saturated heterocycles. The number of hydrogen-bond acceptors (Lipinski definition) is 4. The number of hydrogen-bond donors (Lipinski definition) is 0. The average molecular weight is 566 g/mol. The third-order valence-corrected chi connectivity index (χ3v) is 8.82. The Labute approximate surface area is 250 Å². The summed E-state index contributed by atoms with van der Waals surface area (Å²) >= 11 is 0. The highest BCUT2D eigenvalue weighted by atomic mass is 16.3. The normalized spacial score (nSPS) is 12.1. The van der Waals surface area contributed by atoms with Crippen LogP contribution in [0.2, 0.25) is 0 Å². The van der Waals surface area contributed by atoms with Crippen molar-refractivity contribution in [3.63, 3.8) is 0 Å². The lowest BCUT2D eigenvalue weighted by Crippen LogP contribution is -2.09. The molecule has 206 valence electrons. The molecule has 44 heavy (non-hydrogen) atoms. The Bertz CT molecular complexity index is 2630. The van der Waals surface area contributed by atoms with E-state index >= 15 is 0 Å². The van der Waals surface area contributed by atoms with Crippen molar-refractivity contribution in [2.24, 2.45) is 0 Å². The van der Waals surface area contributed by atoms with Crippen LogP contribution in [-0.2, 0) is 0 Å². The van der Waals surface area contributed by atoms with Crippen LogP contribution in [0.3, 0.4) is 0 Å². The maximum Gasteiger partial charge on any atom is 0.137 e. The molecule has 4 nitrogen and oxygen atoms in total. The van der Waals surface area contributed by atoms with E-state index in [4.69, 9.17) is 13.3 Å². The molecule has 0 saturated carbocycles. The Balaban J connectivity index is 1.20. The van der Waals surface area contributed by atoms with E-state index in [2.05, 4.69) is 95.9 Å². The summed E-state index contributed by atoms with van der Waals surface area (Å²) in [6.07, 6.45) is 0. The van der Waals surface area contributed by atoms with Crippen molar-refractivity contribution in [2.45, 2.75) is 0 Å². The van der Waals surface area contributed by atoms with Gasteiger partial charge in [-0.15, -0.1) is 0 Å². The Hall–Kier alpha value is -6.00. The molecular weight excluding hydrogens is 542 g/mol. The van der Waals surface area contributed by atoms with E-state index in [0.717, 1.165) is 93.7 Å². The highest BCUT2D eigenvalue weighted by Gasteiger charge is 2.18. The summed E-state index contributed by atoms with van der Waals surface area (Å²) in [5.41, 5.74) is 8.27. The van der Waals surface area contributed by atoms with Crippen LogP contribution >= 0.6 is 0 Å². The Morgan fingerprint density at radius 1 is 0.295 bits per heavy atom. The SMILES string of the molecule is c1ccc2c(c1)oc1cc(N(c3ccc4cc5c(cc4c3)oc3ccccc35)c3ccc4c(c3)oc3ccccc34)ccc12. The van der Waals surface area contributed by atoms with Gasteiger partial charge in [0.15, 0.2) is 0 Å². The van der Waals surface area contributed by atoms with Crippen LogP contribution in [-0.4, -0.2) is 0 Å². The first-order valence-electron chi connectivity index (χ1n) is 14.7. The smallest absolute Gasteiger partial charge is 0.137 e. The summed E-state index contributed by atoms with van der Waals surface area (Å²) in [5, 5.41) is 8.96. The van der Waals surface area contributed by atoms with Crippen molar-refractivity contribution < 1.29 is 13.3 Å². The van der Waals surface area contributed by atoms with Gasteiger partial charge in [-0.25, -0.2) is 0 Å². The summed E-state index contributed by atoms with van der Waals surface area (Å²) < 4.78 is 18.9. The number of benzene rings is 7. The second kappa shape index (κ2) is 8.76. The van der Waals surface area contributed by atoms with Gasteiger partial charge in [-0.1, -0.05) is 60.7 Å². The maximum atomic E-state index is 6.31. The Morgan fingerprint density at radius 2 is 0.727 bits per heavy atom. The van der Waals surface area contributed by atoms with Crippen LogP contribution in [0.1, 0.15) is 0 Å².